The third-order valence-corrected chi connectivity index (χ3v) is 5.54. The maximum atomic E-state index is 12.3. The Bertz CT molecular complexity index is 1080. The van der Waals surface area contributed by atoms with Crippen LogP contribution in [0.25, 0.3) is 0 Å². The Labute approximate surface area is 209 Å². The van der Waals surface area contributed by atoms with Crippen molar-refractivity contribution in [3.8, 4) is 11.5 Å². The van der Waals surface area contributed by atoms with Crippen molar-refractivity contribution in [1.29, 1.82) is 0 Å². The number of allylic oxidation sites excluding steroid dienone is 3. The normalized spacial score (nSPS) is 11.4. The number of ether oxygens (including phenoxy) is 2. The Morgan fingerprint density at radius 1 is 1.00 bits per heavy atom. The van der Waals surface area contributed by atoms with Gasteiger partial charge in [-0.3, -0.25) is 14.4 Å². The fourth-order valence-corrected chi connectivity index (χ4v) is 3.91. The lowest BCUT2D eigenvalue weighted by Crippen LogP contribution is -2.26. The quantitative estimate of drug-likeness (QED) is 0.180. The number of anilines is 1. The van der Waals surface area contributed by atoms with Crippen molar-refractivity contribution >= 4 is 34.3 Å². The van der Waals surface area contributed by atoms with E-state index in [0.717, 1.165) is 41.5 Å². The summed E-state index contributed by atoms with van der Waals surface area (Å²) in [5, 5.41) is 16.3. The van der Waals surface area contributed by atoms with E-state index in [2.05, 4.69) is 20.8 Å². The molecule has 1 aromatic carbocycles. The minimum Gasteiger partial charge on any atom is -0.423 e. The van der Waals surface area contributed by atoms with Crippen LogP contribution in [0.4, 0.5) is 5.13 Å². The van der Waals surface area contributed by atoms with Gasteiger partial charge in [-0.05, 0) is 50.5 Å². The second-order valence-corrected chi connectivity index (χ2v) is 8.74. The first kappa shape index (κ1) is 27.7. The van der Waals surface area contributed by atoms with Crippen molar-refractivity contribution < 1.29 is 23.9 Å². The molecule has 2 N–H and O–H groups in total. The molecular formula is C25H32N4O5S. The van der Waals surface area contributed by atoms with E-state index >= 15 is 0 Å². The average Bonchev–Trinajstić information content (AvgIpc) is 3.24. The molecule has 0 radical (unpaired) electrons. The summed E-state index contributed by atoms with van der Waals surface area (Å²) in [6.45, 7) is 7.00. The molecule has 0 spiro atoms. The van der Waals surface area contributed by atoms with Gasteiger partial charge in [0.1, 0.15) is 5.01 Å². The number of nitrogens with one attached hydrogen (secondary N) is 2. The molecule has 0 saturated carbocycles. The Balaban J connectivity index is 1.71. The van der Waals surface area contributed by atoms with Crippen molar-refractivity contribution in [3.63, 3.8) is 0 Å². The second-order valence-electron chi connectivity index (χ2n) is 7.68. The van der Waals surface area contributed by atoms with Gasteiger partial charge >= 0.3 is 11.9 Å². The Kier molecular flexibility index (Phi) is 11.6. The number of esters is 2. The Morgan fingerprint density at radius 2 is 1.74 bits per heavy atom. The number of carbonyl (C=O) groups excluding carboxylic acids is 3. The highest BCUT2D eigenvalue weighted by molar-refractivity contribution is 7.15. The van der Waals surface area contributed by atoms with Crippen LogP contribution in [0.3, 0.4) is 0 Å². The van der Waals surface area contributed by atoms with Crippen LogP contribution in [-0.4, -0.2) is 34.6 Å². The smallest absolute Gasteiger partial charge is 0.308 e. The zero-order chi connectivity index (χ0) is 25.6. The highest BCUT2D eigenvalue weighted by atomic mass is 32.1. The van der Waals surface area contributed by atoms with Crippen LogP contribution in [0.15, 0.2) is 42.1 Å². The van der Waals surface area contributed by atoms with E-state index in [1.165, 1.54) is 26.0 Å². The minimum atomic E-state index is -0.544. The number of carbonyl (C=O) groups is 3. The maximum Gasteiger partial charge on any atom is 0.308 e. The fourth-order valence-electron chi connectivity index (χ4n) is 3.11. The molecular weight excluding hydrogens is 468 g/mol. The third kappa shape index (κ3) is 10.5. The van der Waals surface area contributed by atoms with Gasteiger partial charge in [0.15, 0.2) is 11.5 Å². The number of nitrogens with zero attached hydrogens (tertiary/aromatic N) is 2. The fraction of sp³-hybridized carbons (Fsp3) is 0.400. The van der Waals surface area contributed by atoms with E-state index in [-0.39, 0.29) is 23.8 Å². The van der Waals surface area contributed by atoms with Crippen LogP contribution >= 0.6 is 11.3 Å². The molecule has 188 valence electrons. The zero-order valence-corrected chi connectivity index (χ0v) is 21.4. The Morgan fingerprint density at radius 3 is 2.43 bits per heavy atom. The van der Waals surface area contributed by atoms with Gasteiger partial charge in [-0.25, -0.2) is 0 Å². The lowest BCUT2D eigenvalue weighted by atomic mass is 10.1. The molecule has 35 heavy (non-hydrogen) atoms. The zero-order valence-electron chi connectivity index (χ0n) is 20.6. The van der Waals surface area contributed by atoms with Gasteiger partial charge in [0.2, 0.25) is 11.0 Å². The van der Waals surface area contributed by atoms with Crippen LogP contribution in [0.5, 0.6) is 11.5 Å². The molecule has 0 atom stereocenters. The lowest BCUT2D eigenvalue weighted by molar-refractivity contribution is -0.134. The average molecular weight is 501 g/mol. The van der Waals surface area contributed by atoms with Gasteiger partial charge in [-0.15, -0.1) is 10.2 Å². The standard InChI is InChI=1S/C25H32N4O5S/c1-5-10-20(6-2)27-25-29-28-24(35-25)11-8-7-9-14-26-23(32)16-19-12-13-21(33-17(3)30)22(15-19)34-18(4)31/h5-6,10,12-13,15H,7-9,11,14,16H2,1-4H3,(H,26,32)(H,27,29)/b10-5-,20-6+. The summed E-state index contributed by atoms with van der Waals surface area (Å²) in [4.78, 5) is 34.8. The summed E-state index contributed by atoms with van der Waals surface area (Å²) >= 11 is 1.54. The summed E-state index contributed by atoms with van der Waals surface area (Å²) in [6, 6.07) is 4.70. The number of aryl methyl sites for hydroxylation is 1. The highest BCUT2D eigenvalue weighted by Gasteiger charge is 2.13. The molecule has 0 aliphatic rings. The summed E-state index contributed by atoms with van der Waals surface area (Å²) in [7, 11) is 0. The van der Waals surface area contributed by atoms with Crippen molar-refractivity contribution in [2.75, 3.05) is 11.9 Å². The van der Waals surface area contributed by atoms with E-state index in [4.69, 9.17) is 9.47 Å². The van der Waals surface area contributed by atoms with Gasteiger partial charge in [-0.1, -0.05) is 36.0 Å². The monoisotopic (exact) mass is 500 g/mol. The van der Waals surface area contributed by atoms with Crippen LogP contribution in [-0.2, 0) is 27.2 Å². The highest BCUT2D eigenvalue weighted by Crippen LogP contribution is 2.29. The molecule has 2 aromatic rings. The number of benzene rings is 1. The molecule has 0 aliphatic carbocycles. The maximum absolute atomic E-state index is 12.3. The molecule has 10 heteroatoms. The van der Waals surface area contributed by atoms with Crippen molar-refractivity contribution in [2.45, 2.75) is 59.8 Å². The van der Waals surface area contributed by atoms with Gasteiger partial charge in [-0.2, -0.15) is 0 Å². The predicted octanol–water partition coefficient (Wildman–Crippen LogP) is 4.35. The third-order valence-electron chi connectivity index (χ3n) is 4.65. The topological polar surface area (TPSA) is 120 Å². The summed E-state index contributed by atoms with van der Waals surface area (Å²) in [5.74, 6) is -0.969. The molecule has 2 rings (SSSR count). The van der Waals surface area contributed by atoms with E-state index in [0.29, 0.717) is 12.1 Å². The molecule has 1 aromatic heterocycles. The molecule has 0 unspecified atom stereocenters. The van der Waals surface area contributed by atoms with Crippen molar-refractivity contribution in [3.05, 3.63) is 52.7 Å². The van der Waals surface area contributed by atoms with E-state index in [1.54, 1.807) is 17.4 Å². The van der Waals surface area contributed by atoms with E-state index < -0.39 is 11.9 Å². The first-order valence-electron chi connectivity index (χ1n) is 11.5. The van der Waals surface area contributed by atoms with Crippen LogP contribution in [0.2, 0.25) is 0 Å². The van der Waals surface area contributed by atoms with Gasteiger partial charge in [0.05, 0.1) is 6.42 Å². The van der Waals surface area contributed by atoms with E-state index in [1.807, 2.05) is 32.1 Å². The lowest BCUT2D eigenvalue weighted by Gasteiger charge is -2.11. The van der Waals surface area contributed by atoms with Crippen molar-refractivity contribution in [1.82, 2.24) is 15.5 Å². The predicted molar refractivity (Wildman–Crippen MR) is 135 cm³/mol. The number of unbranched alkanes of at least 4 members (excludes halogenated alkanes) is 2. The molecule has 0 fully saturated rings. The minimum absolute atomic E-state index is 0.108. The molecule has 0 bridgehead atoms. The van der Waals surface area contributed by atoms with Crippen molar-refractivity contribution in [2.24, 2.45) is 0 Å². The van der Waals surface area contributed by atoms with Crippen LogP contribution in [0.1, 0.15) is 57.5 Å². The number of hydrogen-bond donors (Lipinski definition) is 2. The SMILES string of the molecule is C/C=C\C(=C/C)Nc1nnc(CCCCCNC(=O)Cc2ccc(OC(C)=O)c(OC(C)=O)c2)s1. The van der Waals surface area contributed by atoms with Gasteiger partial charge in [0, 0.05) is 32.5 Å². The van der Waals surface area contributed by atoms with Crippen LogP contribution in [0, 0.1) is 0 Å². The first-order valence-corrected chi connectivity index (χ1v) is 12.3. The summed E-state index contributed by atoms with van der Waals surface area (Å²) < 4.78 is 10.1. The number of hydrogen-bond acceptors (Lipinski definition) is 9. The number of amides is 1. The molecule has 9 nitrogen and oxygen atoms in total. The second kappa shape index (κ2) is 14.7. The summed E-state index contributed by atoms with van der Waals surface area (Å²) in [5.41, 5.74) is 1.62. The van der Waals surface area contributed by atoms with Gasteiger partial charge < -0.3 is 20.1 Å². The van der Waals surface area contributed by atoms with Crippen LogP contribution < -0.4 is 20.1 Å². The van der Waals surface area contributed by atoms with Gasteiger partial charge in [0.25, 0.3) is 0 Å². The molecule has 0 aliphatic heterocycles. The first-order chi connectivity index (χ1) is 16.8. The largest absolute Gasteiger partial charge is 0.423 e. The molecule has 1 amide bonds. The number of rotatable bonds is 13. The molecule has 1 heterocycles. The molecule has 0 saturated heterocycles. The number of aromatic nitrogens is 2. The van der Waals surface area contributed by atoms with E-state index in [9.17, 15) is 14.4 Å². The Hall–Kier alpha value is -3.53. The summed E-state index contributed by atoms with van der Waals surface area (Å²) in [6.07, 6.45) is 9.65.